The van der Waals surface area contributed by atoms with Crippen LogP contribution in [0.3, 0.4) is 0 Å². The molecular weight excluding hydrogens is 266 g/mol. The van der Waals surface area contributed by atoms with Crippen LogP contribution in [0.1, 0.15) is 25.5 Å². The summed E-state index contributed by atoms with van der Waals surface area (Å²) in [4.78, 5) is 2.45. The highest BCUT2D eigenvalue weighted by atomic mass is 16.5. The van der Waals surface area contributed by atoms with Crippen molar-refractivity contribution in [1.82, 2.24) is 4.90 Å². The second-order valence-electron chi connectivity index (χ2n) is 7.05. The zero-order chi connectivity index (χ0) is 14.9. The number of benzene rings is 1. The Hall–Kier alpha value is -0.940. The number of nitrogens with zero attached hydrogens (tertiary/aromatic N) is 1. The fraction of sp³-hybridized carbons (Fsp3) is 0.647. The van der Waals surface area contributed by atoms with Crippen LogP contribution in [0.25, 0.3) is 0 Å². The number of aliphatic hydroxyl groups is 1. The molecule has 1 aromatic carbocycles. The van der Waals surface area contributed by atoms with E-state index in [1.54, 1.807) is 0 Å². The zero-order valence-corrected chi connectivity index (χ0v) is 12.9. The molecule has 2 heterocycles. The molecule has 0 spiro atoms. The lowest BCUT2D eigenvalue weighted by atomic mass is 9.84. The Labute approximate surface area is 126 Å². The average Bonchev–Trinajstić information content (AvgIpc) is 2.45. The van der Waals surface area contributed by atoms with Crippen molar-refractivity contribution in [3.8, 4) is 0 Å². The Morgan fingerprint density at radius 2 is 1.90 bits per heavy atom. The van der Waals surface area contributed by atoms with Gasteiger partial charge in [0.25, 0.3) is 0 Å². The summed E-state index contributed by atoms with van der Waals surface area (Å²) in [5.41, 5.74) is 1.12. The van der Waals surface area contributed by atoms with Crippen molar-refractivity contribution in [2.45, 2.75) is 25.5 Å². The van der Waals surface area contributed by atoms with Crippen LogP contribution in [-0.4, -0.2) is 55.1 Å². The van der Waals surface area contributed by atoms with E-state index >= 15 is 0 Å². The van der Waals surface area contributed by atoms with Gasteiger partial charge in [0.2, 0.25) is 0 Å². The smallest absolute Gasteiger partial charge is 0.0952 e. The zero-order valence-electron chi connectivity index (χ0n) is 12.9. The van der Waals surface area contributed by atoms with Gasteiger partial charge in [-0.05, 0) is 19.4 Å². The van der Waals surface area contributed by atoms with Gasteiger partial charge in [-0.2, -0.15) is 0 Å². The molecule has 4 nitrogen and oxygen atoms in total. The molecule has 0 saturated carbocycles. The summed E-state index contributed by atoms with van der Waals surface area (Å²) in [6, 6.07) is 10.4. The van der Waals surface area contributed by atoms with E-state index in [9.17, 15) is 5.11 Å². The summed E-state index contributed by atoms with van der Waals surface area (Å²) in [5.74, 6) is 0. The summed E-state index contributed by atoms with van der Waals surface area (Å²) >= 11 is 0. The second-order valence-corrected chi connectivity index (χ2v) is 7.05. The van der Waals surface area contributed by atoms with Crippen LogP contribution in [0.15, 0.2) is 30.3 Å². The molecule has 1 atom stereocenters. The molecule has 2 aliphatic heterocycles. The summed E-state index contributed by atoms with van der Waals surface area (Å²) in [5, 5.41) is 9.68. The van der Waals surface area contributed by atoms with Crippen LogP contribution >= 0.6 is 0 Å². The number of rotatable bonds is 4. The van der Waals surface area contributed by atoms with Crippen molar-refractivity contribution < 1.29 is 14.6 Å². The maximum absolute atomic E-state index is 9.68. The minimum absolute atomic E-state index is 0.0109. The molecule has 1 N–H and O–H groups in total. The molecule has 0 bridgehead atoms. The summed E-state index contributed by atoms with van der Waals surface area (Å²) in [6.45, 7) is 8.35. The van der Waals surface area contributed by atoms with Gasteiger partial charge in [-0.25, -0.2) is 0 Å². The molecule has 2 aliphatic rings. The first-order chi connectivity index (χ1) is 10.0. The third kappa shape index (κ3) is 2.99. The van der Waals surface area contributed by atoms with Gasteiger partial charge in [-0.1, -0.05) is 30.3 Å². The van der Waals surface area contributed by atoms with Gasteiger partial charge < -0.3 is 14.6 Å². The van der Waals surface area contributed by atoms with E-state index < -0.39 is 0 Å². The Kier molecular flexibility index (Phi) is 4.06. The van der Waals surface area contributed by atoms with Crippen LogP contribution < -0.4 is 0 Å². The first-order valence-electron chi connectivity index (χ1n) is 7.65. The normalized spacial score (nSPS) is 28.0. The summed E-state index contributed by atoms with van der Waals surface area (Å²) in [6.07, 6.45) is 0.107. The van der Waals surface area contributed by atoms with Crippen molar-refractivity contribution in [3.05, 3.63) is 35.9 Å². The first-order valence-corrected chi connectivity index (χ1v) is 7.65. The molecule has 3 rings (SSSR count). The topological polar surface area (TPSA) is 41.9 Å². The van der Waals surface area contributed by atoms with E-state index in [2.05, 4.69) is 43.0 Å². The fourth-order valence-corrected chi connectivity index (χ4v) is 3.07. The second kappa shape index (κ2) is 5.69. The van der Waals surface area contributed by atoms with Gasteiger partial charge in [-0.15, -0.1) is 0 Å². The molecule has 2 saturated heterocycles. The fourth-order valence-electron chi connectivity index (χ4n) is 3.07. The van der Waals surface area contributed by atoms with Crippen LogP contribution in [0.5, 0.6) is 0 Å². The molecule has 4 heteroatoms. The SMILES string of the molecule is CC1(C)COC(c2ccccc2)CN1CC1(CO)COC1. The molecule has 0 amide bonds. The monoisotopic (exact) mass is 291 g/mol. The molecule has 2 fully saturated rings. The minimum atomic E-state index is -0.0875. The average molecular weight is 291 g/mol. The standard InChI is InChI=1S/C17H25NO3/c1-16(2)11-21-15(14-6-4-3-5-7-14)8-18(16)9-17(10-19)12-20-13-17/h3-7,15,19H,8-13H2,1-2H3. The Balaban J connectivity index is 1.73. The predicted molar refractivity (Wildman–Crippen MR) is 81.1 cm³/mol. The summed E-state index contributed by atoms with van der Waals surface area (Å²) < 4.78 is 11.4. The quantitative estimate of drug-likeness (QED) is 0.919. The molecule has 21 heavy (non-hydrogen) atoms. The Bertz CT molecular complexity index is 465. The number of hydrogen-bond donors (Lipinski definition) is 1. The van der Waals surface area contributed by atoms with E-state index in [-0.39, 0.29) is 23.7 Å². The van der Waals surface area contributed by atoms with Gasteiger partial charge in [0, 0.05) is 18.6 Å². The molecule has 1 aromatic rings. The number of aliphatic hydroxyl groups excluding tert-OH is 1. The van der Waals surface area contributed by atoms with E-state index in [0.717, 1.165) is 13.1 Å². The first kappa shape index (κ1) is 15.0. The van der Waals surface area contributed by atoms with Gasteiger partial charge in [0.05, 0.1) is 37.9 Å². The highest BCUT2D eigenvalue weighted by Gasteiger charge is 2.45. The van der Waals surface area contributed by atoms with Crippen LogP contribution in [0.2, 0.25) is 0 Å². The highest BCUT2D eigenvalue weighted by molar-refractivity contribution is 5.19. The highest BCUT2D eigenvalue weighted by Crippen LogP contribution is 2.35. The lowest BCUT2D eigenvalue weighted by molar-refractivity contribution is -0.179. The van der Waals surface area contributed by atoms with Crippen molar-refractivity contribution in [3.63, 3.8) is 0 Å². The number of ether oxygens (including phenoxy) is 2. The lowest BCUT2D eigenvalue weighted by Crippen LogP contribution is -2.61. The van der Waals surface area contributed by atoms with E-state index in [0.29, 0.717) is 19.8 Å². The third-order valence-corrected chi connectivity index (χ3v) is 4.73. The maximum Gasteiger partial charge on any atom is 0.0952 e. The van der Waals surface area contributed by atoms with Crippen LogP contribution in [0, 0.1) is 5.41 Å². The van der Waals surface area contributed by atoms with E-state index in [1.165, 1.54) is 5.56 Å². The number of hydrogen-bond acceptors (Lipinski definition) is 4. The Morgan fingerprint density at radius 1 is 1.19 bits per heavy atom. The third-order valence-electron chi connectivity index (χ3n) is 4.73. The lowest BCUT2D eigenvalue weighted by Gasteiger charge is -2.51. The van der Waals surface area contributed by atoms with Gasteiger partial charge in [-0.3, -0.25) is 4.90 Å². The van der Waals surface area contributed by atoms with Crippen LogP contribution in [-0.2, 0) is 9.47 Å². The minimum Gasteiger partial charge on any atom is -0.396 e. The predicted octanol–water partition coefficient (Wildman–Crippen LogP) is 1.85. The van der Waals surface area contributed by atoms with Crippen LogP contribution in [0.4, 0.5) is 0 Å². The molecule has 0 radical (unpaired) electrons. The van der Waals surface area contributed by atoms with E-state index in [4.69, 9.17) is 9.47 Å². The maximum atomic E-state index is 9.68. The molecule has 116 valence electrons. The van der Waals surface area contributed by atoms with Crippen molar-refractivity contribution in [1.29, 1.82) is 0 Å². The molecule has 0 aliphatic carbocycles. The van der Waals surface area contributed by atoms with E-state index in [1.807, 2.05) is 6.07 Å². The number of morpholine rings is 1. The van der Waals surface area contributed by atoms with Gasteiger partial charge in [0.15, 0.2) is 0 Å². The molecule has 1 unspecified atom stereocenters. The summed E-state index contributed by atoms with van der Waals surface area (Å²) in [7, 11) is 0. The molecule has 0 aromatic heterocycles. The van der Waals surface area contributed by atoms with Gasteiger partial charge >= 0.3 is 0 Å². The Morgan fingerprint density at radius 3 is 2.48 bits per heavy atom. The molecular formula is C17H25NO3. The van der Waals surface area contributed by atoms with Crippen molar-refractivity contribution in [2.75, 3.05) is 39.5 Å². The van der Waals surface area contributed by atoms with Crippen molar-refractivity contribution >= 4 is 0 Å². The van der Waals surface area contributed by atoms with Crippen molar-refractivity contribution in [2.24, 2.45) is 5.41 Å². The largest absolute Gasteiger partial charge is 0.396 e. The van der Waals surface area contributed by atoms with Gasteiger partial charge in [0.1, 0.15) is 0 Å².